The van der Waals surface area contributed by atoms with E-state index in [0.29, 0.717) is 18.6 Å². The highest BCUT2D eigenvalue weighted by Crippen LogP contribution is 2.29. The van der Waals surface area contributed by atoms with Gasteiger partial charge in [-0.15, -0.1) is 0 Å². The van der Waals surface area contributed by atoms with E-state index in [0.717, 1.165) is 32.3 Å². The van der Waals surface area contributed by atoms with Crippen molar-refractivity contribution in [3.05, 3.63) is 0 Å². The van der Waals surface area contributed by atoms with Crippen LogP contribution in [0.15, 0.2) is 0 Å². The first-order valence-corrected chi connectivity index (χ1v) is 7.19. The Morgan fingerprint density at radius 3 is 2.11 bits per heavy atom. The summed E-state index contributed by atoms with van der Waals surface area (Å²) in [7, 11) is 0. The second-order valence-electron chi connectivity index (χ2n) is 5.77. The molecule has 0 amide bonds. The summed E-state index contributed by atoms with van der Waals surface area (Å²) in [6, 6.07) is 0. The molecule has 1 saturated heterocycles. The van der Waals surface area contributed by atoms with Crippen molar-refractivity contribution < 1.29 is 19.3 Å². The number of aliphatic hydroxyl groups is 1. The van der Waals surface area contributed by atoms with E-state index in [9.17, 15) is 0 Å². The minimum atomic E-state index is -0.348. The van der Waals surface area contributed by atoms with E-state index in [1.807, 2.05) is 0 Å². The number of hydrogen-bond acceptors (Lipinski definition) is 4. The Hall–Kier alpha value is -0.160. The van der Waals surface area contributed by atoms with Crippen LogP contribution in [0.3, 0.4) is 0 Å². The highest BCUT2D eigenvalue weighted by molar-refractivity contribution is 4.73. The molecule has 0 spiro atoms. The van der Waals surface area contributed by atoms with Gasteiger partial charge >= 0.3 is 0 Å². The smallest absolute Gasteiger partial charge is 0.104 e. The lowest BCUT2D eigenvalue weighted by molar-refractivity contribution is 0.0128. The molecule has 0 radical (unpaired) electrons. The van der Waals surface area contributed by atoms with Crippen molar-refractivity contribution in [1.82, 2.24) is 0 Å². The Balaban J connectivity index is 1.47. The fourth-order valence-corrected chi connectivity index (χ4v) is 2.50. The Morgan fingerprint density at radius 2 is 1.61 bits per heavy atom. The summed E-state index contributed by atoms with van der Waals surface area (Å²) in [5.41, 5.74) is 0. The molecule has 1 saturated carbocycles. The Labute approximate surface area is 110 Å². The molecular weight excluding hydrogens is 232 g/mol. The van der Waals surface area contributed by atoms with Gasteiger partial charge in [0.25, 0.3) is 0 Å². The molecule has 0 bridgehead atoms. The molecular formula is C14H26O4. The van der Waals surface area contributed by atoms with E-state index in [-0.39, 0.29) is 6.10 Å². The van der Waals surface area contributed by atoms with E-state index in [1.54, 1.807) is 6.92 Å². The normalized spacial score (nSPS) is 33.3. The van der Waals surface area contributed by atoms with Crippen molar-refractivity contribution in [2.75, 3.05) is 33.0 Å². The maximum atomic E-state index is 9.12. The van der Waals surface area contributed by atoms with Crippen molar-refractivity contribution in [3.8, 4) is 0 Å². The second kappa shape index (κ2) is 7.43. The molecule has 0 aromatic carbocycles. The monoisotopic (exact) mass is 258 g/mol. The predicted molar refractivity (Wildman–Crippen MR) is 68.5 cm³/mol. The van der Waals surface area contributed by atoms with Crippen LogP contribution in [-0.4, -0.2) is 50.3 Å². The molecule has 2 aliphatic rings. The number of aliphatic hydroxyl groups excluding tert-OH is 1. The summed E-state index contributed by atoms with van der Waals surface area (Å²) in [6.45, 7) is 5.57. The quantitative estimate of drug-likeness (QED) is 0.672. The Bertz CT molecular complexity index is 204. The first-order chi connectivity index (χ1) is 8.74. The van der Waals surface area contributed by atoms with Crippen molar-refractivity contribution >= 4 is 0 Å². The first kappa shape index (κ1) is 14.3. The van der Waals surface area contributed by atoms with Crippen molar-refractivity contribution in [2.45, 2.75) is 44.8 Å². The van der Waals surface area contributed by atoms with E-state index in [4.69, 9.17) is 19.3 Å². The van der Waals surface area contributed by atoms with Crippen molar-refractivity contribution in [2.24, 2.45) is 11.8 Å². The fraction of sp³-hybridized carbons (Fsp3) is 1.00. The average molecular weight is 258 g/mol. The number of epoxide rings is 1. The van der Waals surface area contributed by atoms with E-state index in [2.05, 4.69) is 0 Å². The van der Waals surface area contributed by atoms with E-state index in [1.165, 1.54) is 25.7 Å². The predicted octanol–water partition coefficient (Wildman–Crippen LogP) is 1.61. The minimum Gasteiger partial charge on any atom is -0.391 e. The molecule has 2 fully saturated rings. The molecule has 1 aliphatic carbocycles. The summed E-state index contributed by atoms with van der Waals surface area (Å²) in [5.74, 6) is 1.39. The summed E-state index contributed by atoms with van der Waals surface area (Å²) in [6.07, 6.45) is 4.99. The van der Waals surface area contributed by atoms with Crippen LogP contribution in [0.25, 0.3) is 0 Å². The van der Waals surface area contributed by atoms with Crippen molar-refractivity contribution in [3.63, 3.8) is 0 Å². The molecule has 1 N–H and O–H groups in total. The lowest BCUT2D eigenvalue weighted by Gasteiger charge is -2.28. The molecule has 2 atom stereocenters. The lowest BCUT2D eigenvalue weighted by atomic mass is 9.83. The molecule has 1 aliphatic heterocycles. The maximum Gasteiger partial charge on any atom is 0.104 e. The van der Waals surface area contributed by atoms with Gasteiger partial charge < -0.3 is 19.3 Å². The van der Waals surface area contributed by atoms with Gasteiger partial charge in [0.15, 0.2) is 0 Å². The third-order valence-electron chi connectivity index (χ3n) is 3.74. The molecule has 106 valence electrons. The van der Waals surface area contributed by atoms with Crippen LogP contribution in [0.4, 0.5) is 0 Å². The largest absolute Gasteiger partial charge is 0.391 e. The van der Waals surface area contributed by atoms with Gasteiger partial charge in [-0.2, -0.15) is 0 Å². The fourth-order valence-electron chi connectivity index (χ4n) is 2.50. The highest BCUT2D eigenvalue weighted by Gasteiger charge is 2.25. The highest BCUT2D eigenvalue weighted by atomic mass is 16.6. The number of rotatable bonds is 8. The number of hydrogen-bond donors (Lipinski definition) is 1. The van der Waals surface area contributed by atoms with Gasteiger partial charge in [0.05, 0.1) is 25.9 Å². The lowest BCUT2D eigenvalue weighted by Crippen LogP contribution is -2.23. The third-order valence-corrected chi connectivity index (χ3v) is 3.74. The maximum absolute atomic E-state index is 9.12. The van der Waals surface area contributed by atoms with Gasteiger partial charge in [-0.3, -0.25) is 0 Å². The summed E-state index contributed by atoms with van der Waals surface area (Å²) < 4.78 is 16.3. The zero-order chi connectivity index (χ0) is 12.8. The minimum absolute atomic E-state index is 0.348. The van der Waals surface area contributed by atoms with Gasteiger partial charge in [0.1, 0.15) is 6.10 Å². The van der Waals surface area contributed by atoms with Crippen LogP contribution >= 0.6 is 0 Å². The molecule has 1 unspecified atom stereocenters. The van der Waals surface area contributed by atoms with E-state index < -0.39 is 0 Å². The summed E-state index contributed by atoms with van der Waals surface area (Å²) in [4.78, 5) is 0. The topological polar surface area (TPSA) is 51.2 Å². The van der Waals surface area contributed by atoms with Crippen LogP contribution in [0.2, 0.25) is 0 Å². The van der Waals surface area contributed by atoms with E-state index >= 15 is 0 Å². The molecule has 0 aromatic heterocycles. The summed E-state index contributed by atoms with van der Waals surface area (Å²) in [5, 5.41) is 9.12. The molecule has 2 rings (SSSR count). The summed E-state index contributed by atoms with van der Waals surface area (Å²) >= 11 is 0. The van der Waals surface area contributed by atoms with Gasteiger partial charge in [0.2, 0.25) is 0 Å². The van der Waals surface area contributed by atoms with Crippen LogP contribution in [0.1, 0.15) is 32.6 Å². The first-order valence-electron chi connectivity index (χ1n) is 7.19. The van der Waals surface area contributed by atoms with Crippen LogP contribution in [0.5, 0.6) is 0 Å². The average Bonchev–Trinajstić information content (AvgIpc) is 3.15. The van der Waals surface area contributed by atoms with Gasteiger partial charge in [-0.05, 0) is 44.4 Å². The zero-order valence-corrected chi connectivity index (χ0v) is 11.3. The third kappa shape index (κ3) is 5.65. The van der Waals surface area contributed by atoms with Crippen LogP contribution in [0, 0.1) is 11.8 Å². The van der Waals surface area contributed by atoms with Crippen molar-refractivity contribution in [1.29, 1.82) is 0 Å². The molecule has 4 heteroatoms. The number of ether oxygens (including phenoxy) is 3. The molecule has 18 heavy (non-hydrogen) atoms. The van der Waals surface area contributed by atoms with Gasteiger partial charge in [0, 0.05) is 13.2 Å². The zero-order valence-electron chi connectivity index (χ0n) is 11.3. The van der Waals surface area contributed by atoms with Gasteiger partial charge in [-0.1, -0.05) is 0 Å². The Morgan fingerprint density at radius 1 is 1.06 bits per heavy atom. The SMILES string of the molecule is CC(O)COCC1CCC(COC[C@@H]2CO2)CC1. The molecule has 0 aromatic rings. The van der Waals surface area contributed by atoms with Gasteiger partial charge in [-0.25, -0.2) is 0 Å². The Kier molecular flexibility index (Phi) is 5.89. The van der Waals surface area contributed by atoms with Crippen LogP contribution < -0.4 is 0 Å². The standard InChI is InChI=1S/C14H26O4/c1-11(15)6-16-7-12-2-4-13(5-3-12)8-17-9-14-10-18-14/h11-15H,2-10H2,1H3/t11?,12?,13?,14-/m1/s1. The second-order valence-corrected chi connectivity index (χ2v) is 5.77. The molecule has 4 nitrogen and oxygen atoms in total. The van der Waals surface area contributed by atoms with Crippen LogP contribution in [-0.2, 0) is 14.2 Å². The molecule has 1 heterocycles.